The maximum absolute atomic E-state index is 12.0. The lowest BCUT2D eigenvalue weighted by Gasteiger charge is -2.17. The summed E-state index contributed by atoms with van der Waals surface area (Å²) in [7, 11) is 0. The molecule has 0 atom stereocenters. The Bertz CT molecular complexity index is 647. The molecule has 0 aliphatic rings. The number of halogens is 1. The maximum atomic E-state index is 12.0. The molecule has 5 nitrogen and oxygen atoms in total. The van der Waals surface area contributed by atoms with Crippen LogP contribution in [0, 0.1) is 0 Å². The van der Waals surface area contributed by atoms with Gasteiger partial charge in [0.25, 0.3) is 0 Å². The summed E-state index contributed by atoms with van der Waals surface area (Å²) < 4.78 is 1.82. The van der Waals surface area contributed by atoms with Gasteiger partial charge in [-0.25, -0.2) is 4.98 Å². The van der Waals surface area contributed by atoms with Gasteiger partial charge < -0.3 is 10.0 Å². The SMILES string of the molecule is C=CCN(CCO)C(=O)/C=C/c1c(Cl)nc2sccn12. The second kappa shape index (κ2) is 6.69. The number of carbonyl (C=O) groups excluding carboxylic acids is 1. The largest absolute Gasteiger partial charge is 0.395 e. The molecular formula is C13H14ClN3O2S. The second-order valence-electron chi connectivity index (χ2n) is 3.97. The van der Waals surface area contributed by atoms with Crippen molar-refractivity contribution in [2.75, 3.05) is 19.7 Å². The van der Waals surface area contributed by atoms with Crippen LogP contribution >= 0.6 is 22.9 Å². The van der Waals surface area contributed by atoms with Crippen LogP contribution in [0.4, 0.5) is 0 Å². The van der Waals surface area contributed by atoms with Crippen LogP contribution < -0.4 is 0 Å². The number of fused-ring (bicyclic) bond motifs is 1. The first kappa shape index (κ1) is 14.8. The van der Waals surface area contributed by atoms with Gasteiger partial charge in [-0.3, -0.25) is 9.20 Å². The third-order valence-corrected chi connectivity index (χ3v) is 3.70. The molecule has 0 radical (unpaired) electrons. The van der Waals surface area contributed by atoms with Crippen molar-refractivity contribution in [2.24, 2.45) is 0 Å². The number of amides is 1. The van der Waals surface area contributed by atoms with Crippen molar-refractivity contribution >= 4 is 39.9 Å². The number of aromatic nitrogens is 2. The summed E-state index contributed by atoms with van der Waals surface area (Å²) in [6, 6.07) is 0. The lowest BCUT2D eigenvalue weighted by molar-refractivity contribution is -0.125. The van der Waals surface area contributed by atoms with E-state index in [1.807, 2.05) is 16.0 Å². The fraction of sp³-hybridized carbons (Fsp3) is 0.231. The molecule has 0 aromatic carbocycles. The Labute approximate surface area is 125 Å². The van der Waals surface area contributed by atoms with Gasteiger partial charge in [-0.2, -0.15) is 0 Å². The first-order chi connectivity index (χ1) is 9.67. The van der Waals surface area contributed by atoms with Gasteiger partial charge in [0.05, 0.1) is 12.3 Å². The van der Waals surface area contributed by atoms with Crippen molar-refractivity contribution < 1.29 is 9.90 Å². The summed E-state index contributed by atoms with van der Waals surface area (Å²) in [5, 5.41) is 11.2. The maximum Gasteiger partial charge on any atom is 0.246 e. The zero-order valence-electron chi connectivity index (χ0n) is 10.7. The topological polar surface area (TPSA) is 57.8 Å². The number of carbonyl (C=O) groups is 1. The number of hydrogen-bond acceptors (Lipinski definition) is 4. The average molecular weight is 312 g/mol. The summed E-state index contributed by atoms with van der Waals surface area (Å²) in [5.41, 5.74) is 0.666. The first-order valence-corrected chi connectivity index (χ1v) is 7.23. The summed E-state index contributed by atoms with van der Waals surface area (Å²) >= 11 is 7.51. The van der Waals surface area contributed by atoms with E-state index in [0.29, 0.717) is 17.4 Å². The van der Waals surface area contributed by atoms with Crippen LogP contribution in [-0.4, -0.2) is 45.0 Å². The Hall–Kier alpha value is -1.63. The Morgan fingerprint density at radius 2 is 2.45 bits per heavy atom. The Morgan fingerprint density at radius 1 is 1.65 bits per heavy atom. The molecule has 0 saturated carbocycles. The summed E-state index contributed by atoms with van der Waals surface area (Å²) in [5.74, 6) is -0.208. The average Bonchev–Trinajstić information content (AvgIpc) is 2.97. The minimum Gasteiger partial charge on any atom is -0.395 e. The molecule has 1 amide bonds. The molecule has 0 saturated heterocycles. The Morgan fingerprint density at radius 3 is 3.15 bits per heavy atom. The smallest absolute Gasteiger partial charge is 0.246 e. The minimum absolute atomic E-state index is 0.0877. The molecule has 20 heavy (non-hydrogen) atoms. The van der Waals surface area contributed by atoms with Crippen LogP contribution in [0.1, 0.15) is 5.69 Å². The van der Waals surface area contributed by atoms with Crippen LogP contribution in [0.15, 0.2) is 30.3 Å². The summed E-state index contributed by atoms with van der Waals surface area (Å²) in [6.45, 7) is 4.16. The van der Waals surface area contributed by atoms with Crippen molar-refractivity contribution in [2.45, 2.75) is 0 Å². The summed E-state index contributed by atoms with van der Waals surface area (Å²) in [4.78, 5) is 18.5. The lowest BCUT2D eigenvalue weighted by Crippen LogP contribution is -2.32. The van der Waals surface area contributed by atoms with Crippen LogP contribution in [0.2, 0.25) is 5.15 Å². The van der Waals surface area contributed by atoms with E-state index in [1.165, 1.54) is 22.3 Å². The Balaban J connectivity index is 2.19. The normalized spacial score (nSPS) is 11.3. The van der Waals surface area contributed by atoms with Crippen LogP contribution in [0.5, 0.6) is 0 Å². The number of imidazole rings is 1. The van der Waals surface area contributed by atoms with Crippen LogP contribution in [0.25, 0.3) is 11.0 Å². The minimum atomic E-state index is -0.208. The predicted octanol–water partition coefficient (Wildman–Crippen LogP) is 2.07. The number of hydrogen-bond donors (Lipinski definition) is 1. The van der Waals surface area contributed by atoms with Crippen molar-refractivity contribution in [1.29, 1.82) is 0 Å². The van der Waals surface area contributed by atoms with Gasteiger partial charge in [0.1, 0.15) is 0 Å². The van der Waals surface area contributed by atoms with Gasteiger partial charge >= 0.3 is 0 Å². The molecule has 7 heteroatoms. The number of thiazole rings is 1. The molecule has 0 spiro atoms. The predicted molar refractivity (Wildman–Crippen MR) is 81.0 cm³/mol. The number of aliphatic hydroxyl groups is 1. The molecule has 0 bridgehead atoms. The van der Waals surface area contributed by atoms with Gasteiger partial charge in [-0.05, 0) is 6.08 Å². The van der Waals surface area contributed by atoms with E-state index in [2.05, 4.69) is 11.6 Å². The van der Waals surface area contributed by atoms with Gasteiger partial charge in [-0.1, -0.05) is 17.7 Å². The molecule has 106 valence electrons. The van der Waals surface area contributed by atoms with Gasteiger partial charge in [0, 0.05) is 30.7 Å². The molecule has 0 fully saturated rings. The third-order valence-electron chi connectivity index (χ3n) is 2.67. The zero-order chi connectivity index (χ0) is 14.5. The standard InChI is InChI=1S/C13H14ClN3O2S/c1-2-5-16(6-8-18)11(19)4-3-10-12(14)15-13-17(10)7-9-20-13/h2-4,7,9,18H,1,5-6,8H2/b4-3+. The van der Waals surface area contributed by atoms with Gasteiger partial charge in [0.15, 0.2) is 10.1 Å². The van der Waals surface area contributed by atoms with E-state index in [9.17, 15) is 4.79 Å². The molecule has 0 aliphatic carbocycles. The van der Waals surface area contributed by atoms with Crippen LogP contribution in [-0.2, 0) is 4.79 Å². The van der Waals surface area contributed by atoms with Crippen molar-refractivity contribution in [3.63, 3.8) is 0 Å². The number of aliphatic hydroxyl groups excluding tert-OH is 1. The molecule has 1 N–H and O–H groups in total. The lowest BCUT2D eigenvalue weighted by atomic mass is 10.3. The van der Waals surface area contributed by atoms with Crippen LogP contribution in [0.3, 0.4) is 0 Å². The van der Waals surface area contributed by atoms with Crippen molar-refractivity contribution in [1.82, 2.24) is 14.3 Å². The van der Waals surface area contributed by atoms with E-state index in [1.54, 1.807) is 12.2 Å². The second-order valence-corrected chi connectivity index (χ2v) is 5.20. The van der Waals surface area contributed by atoms with Gasteiger partial charge in [0.2, 0.25) is 5.91 Å². The summed E-state index contributed by atoms with van der Waals surface area (Å²) in [6.07, 6.45) is 6.51. The van der Waals surface area contributed by atoms with E-state index in [0.717, 1.165) is 4.96 Å². The van der Waals surface area contributed by atoms with E-state index >= 15 is 0 Å². The zero-order valence-corrected chi connectivity index (χ0v) is 12.3. The van der Waals surface area contributed by atoms with E-state index in [4.69, 9.17) is 16.7 Å². The van der Waals surface area contributed by atoms with Crippen molar-refractivity contribution in [3.05, 3.63) is 41.2 Å². The molecular weight excluding hydrogens is 298 g/mol. The highest BCUT2D eigenvalue weighted by Crippen LogP contribution is 2.22. The first-order valence-electron chi connectivity index (χ1n) is 5.97. The molecule has 2 aromatic heterocycles. The Kier molecular flexibility index (Phi) is 4.94. The molecule has 0 aliphatic heterocycles. The van der Waals surface area contributed by atoms with E-state index < -0.39 is 0 Å². The third kappa shape index (κ3) is 3.09. The fourth-order valence-corrected chi connectivity index (χ4v) is 2.75. The quantitative estimate of drug-likeness (QED) is 0.656. The fourth-order valence-electron chi connectivity index (χ4n) is 1.75. The highest BCUT2D eigenvalue weighted by molar-refractivity contribution is 7.15. The molecule has 0 unspecified atom stereocenters. The van der Waals surface area contributed by atoms with Gasteiger partial charge in [-0.15, -0.1) is 17.9 Å². The molecule has 2 rings (SSSR count). The molecule has 2 aromatic rings. The van der Waals surface area contributed by atoms with Crippen molar-refractivity contribution in [3.8, 4) is 0 Å². The molecule has 2 heterocycles. The number of nitrogens with zero attached hydrogens (tertiary/aromatic N) is 3. The monoisotopic (exact) mass is 311 g/mol. The number of rotatable bonds is 6. The van der Waals surface area contributed by atoms with E-state index in [-0.39, 0.29) is 19.1 Å². The highest BCUT2D eigenvalue weighted by atomic mass is 35.5. The highest BCUT2D eigenvalue weighted by Gasteiger charge is 2.11.